The molecule has 0 heterocycles. The largest absolute Gasteiger partial charge is 0.504 e. The maximum atomic E-state index is 12.0. The Bertz CT molecular complexity index is 1020. The Balaban J connectivity index is 1.57. The number of nitrogens with zero attached hydrogens (tertiary/aromatic N) is 1. The molecule has 0 atom stereocenters. The molecule has 0 aliphatic heterocycles. The number of aromatic hydroxyl groups is 1. The number of carbonyl (C=O) groups excluding carboxylic acids is 1. The zero-order valence-electron chi connectivity index (χ0n) is 15.2. The van der Waals surface area contributed by atoms with Gasteiger partial charge in [-0.2, -0.15) is 5.10 Å². The summed E-state index contributed by atoms with van der Waals surface area (Å²) in [5.41, 5.74) is 3.09. The number of nitrogens with one attached hydrogen (secondary N) is 1. The Hall–Kier alpha value is -3.06. The van der Waals surface area contributed by atoms with Crippen LogP contribution in [0.2, 0.25) is 0 Å². The number of hydrogen-bond acceptors (Lipinski definition) is 5. The van der Waals surface area contributed by atoms with Crippen LogP contribution in [0.15, 0.2) is 64.2 Å². The van der Waals surface area contributed by atoms with Crippen LogP contribution >= 0.6 is 15.9 Å². The number of amides is 1. The van der Waals surface area contributed by atoms with E-state index in [4.69, 9.17) is 9.47 Å². The van der Waals surface area contributed by atoms with E-state index in [2.05, 4.69) is 26.5 Å². The third kappa shape index (κ3) is 4.80. The zero-order chi connectivity index (χ0) is 19.9. The molecule has 1 amide bonds. The van der Waals surface area contributed by atoms with Crippen molar-refractivity contribution in [3.63, 3.8) is 0 Å². The maximum Gasteiger partial charge on any atom is 0.277 e. The monoisotopic (exact) mass is 442 g/mol. The number of halogens is 1. The second kappa shape index (κ2) is 9.23. The van der Waals surface area contributed by atoms with E-state index in [-0.39, 0.29) is 18.3 Å². The predicted molar refractivity (Wildman–Crippen MR) is 112 cm³/mol. The molecule has 0 saturated carbocycles. The number of rotatable bonds is 7. The average Bonchev–Trinajstić information content (AvgIpc) is 2.70. The molecule has 2 N–H and O–H groups in total. The van der Waals surface area contributed by atoms with Crippen LogP contribution in [0.1, 0.15) is 12.5 Å². The standard InChI is InChI=1S/C21H19BrN2O4/c1-2-27-19-11-14(7-9-17(19)25)12-23-24-20(26)13-28-18-10-8-15-5-3-4-6-16(15)21(18)22/h3-12,25H,2,13H2,1H3,(H,24,26)/b23-12-. The van der Waals surface area contributed by atoms with Crippen molar-refractivity contribution in [1.29, 1.82) is 0 Å². The highest BCUT2D eigenvalue weighted by atomic mass is 79.9. The van der Waals surface area contributed by atoms with Gasteiger partial charge in [0.2, 0.25) is 0 Å². The fourth-order valence-electron chi connectivity index (χ4n) is 2.56. The van der Waals surface area contributed by atoms with Crippen molar-refractivity contribution >= 4 is 38.8 Å². The molecule has 0 aliphatic rings. The third-order valence-electron chi connectivity index (χ3n) is 3.87. The Labute approximate surface area is 170 Å². The molecule has 0 radical (unpaired) electrons. The van der Waals surface area contributed by atoms with Gasteiger partial charge in [0, 0.05) is 0 Å². The number of fused-ring (bicyclic) bond motifs is 1. The van der Waals surface area contributed by atoms with Crippen molar-refractivity contribution in [2.45, 2.75) is 6.92 Å². The summed E-state index contributed by atoms with van der Waals surface area (Å²) in [5, 5.41) is 15.7. The van der Waals surface area contributed by atoms with Crippen LogP contribution in [-0.4, -0.2) is 30.4 Å². The molecule has 0 bridgehead atoms. The molecule has 0 spiro atoms. The molecule has 3 aromatic rings. The van der Waals surface area contributed by atoms with E-state index in [0.717, 1.165) is 15.2 Å². The first-order chi connectivity index (χ1) is 13.6. The number of hydrazone groups is 1. The number of phenols is 1. The molecule has 28 heavy (non-hydrogen) atoms. The lowest BCUT2D eigenvalue weighted by Gasteiger charge is -2.09. The van der Waals surface area contributed by atoms with Gasteiger partial charge in [0.1, 0.15) is 5.75 Å². The van der Waals surface area contributed by atoms with Gasteiger partial charge < -0.3 is 14.6 Å². The topological polar surface area (TPSA) is 80.2 Å². The molecule has 7 heteroatoms. The summed E-state index contributed by atoms with van der Waals surface area (Å²) in [6.45, 7) is 2.09. The van der Waals surface area contributed by atoms with E-state index in [0.29, 0.717) is 23.7 Å². The normalized spacial score (nSPS) is 10.9. The minimum atomic E-state index is -0.389. The van der Waals surface area contributed by atoms with E-state index in [1.165, 1.54) is 12.3 Å². The second-order valence-electron chi connectivity index (χ2n) is 5.84. The smallest absolute Gasteiger partial charge is 0.277 e. The summed E-state index contributed by atoms with van der Waals surface area (Å²) in [7, 11) is 0. The van der Waals surface area contributed by atoms with E-state index in [1.54, 1.807) is 12.1 Å². The van der Waals surface area contributed by atoms with Gasteiger partial charge in [-0.05, 0) is 63.5 Å². The summed E-state index contributed by atoms with van der Waals surface area (Å²) in [6, 6.07) is 16.4. The van der Waals surface area contributed by atoms with E-state index in [1.807, 2.05) is 43.3 Å². The first kappa shape index (κ1) is 19.7. The molecule has 3 aromatic carbocycles. The van der Waals surface area contributed by atoms with E-state index < -0.39 is 0 Å². The second-order valence-corrected chi connectivity index (χ2v) is 6.63. The van der Waals surface area contributed by atoms with Crippen LogP contribution in [0.4, 0.5) is 0 Å². The van der Waals surface area contributed by atoms with Gasteiger partial charge in [0.15, 0.2) is 18.1 Å². The fourth-order valence-corrected chi connectivity index (χ4v) is 3.17. The number of hydrogen-bond donors (Lipinski definition) is 2. The van der Waals surface area contributed by atoms with Crippen LogP contribution in [0.5, 0.6) is 17.2 Å². The molecule has 0 aliphatic carbocycles. The lowest BCUT2D eigenvalue weighted by Crippen LogP contribution is -2.24. The van der Waals surface area contributed by atoms with Crippen molar-refractivity contribution in [2.75, 3.05) is 13.2 Å². The highest BCUT2D eigenvalue weighted by Crippen LogP contribution is 2.33. The van der Waals surface area contributed by atoms with Crippen LogP contribution in [0.25, 0.3) is 10.8 Å². The van der Waals surface area contributed by atoms with Crippen molar-refractivity contribution in [1.82, 2.24) is 5.43 Å². The molecule has 0 aromatic heterocycles. The summed E-state index contributed by atoms with van der Waals surface area (Å²) in [4.78, 5) is 12.0. The average molecular weight is 443 g/mol. The SMILES string of the molecule is CCOc1cc(/C=N\NC(=O)COc2ccc3ccccc3c2Br)ccc1O. The first-order valence-electron chi connectivity index (χ1n) is 8.66. The Morgan fingerprint density at radius 2 is 1.96 bits per heavy atom. The number of benzene rings is 3. The maximum absolute atomic E-state index is 12.0. The van der Waals surface area contributed by atoms with Crippen molar-refractivity contribution < 1.29 is 19.4 Å². The Kier molecular flexibility index (Phi) is 6.49. The van der Waals surface area contributed by atoms with Crippen molar-refractivity contribution in [3.05, 3.63) is 64.6 Å². The van der Waals surface area contributed by atoms with Gasteiger partial charge in [-0.15, -0.1) is 0 Å². The van der Waals surface area contributed by atoms with E-state index >= 15 is 0 Å². The lowest BCUT2D eigenvalue weighted by molar-refractivity contribution is -0.123. The van der Waals surface area contributed by atoms with Crippen LogP contribution in [-0.2, 0) is 4.79 Å². The van der Waals surface area contributed by atoms with Gasteiger partial charge in [0.05, 0.1) is 17.3 Å². The van der Waals surface area contributed by atoms with E-state index in [9.17, 15) is 9.90 Å². The molecular formula is C21H19BrN2O4. The summed E-state index contributed by atoms with van der Waals surface area (Å²) >= 11 is 3.52. The summed E-state index contributed by atoms with van der Waals surface area (Å²) < 4.78 is 11.7. The molecular weight excluding hydrogens is 424 g/mol. The molecule has 144 valence electrons. The number of carbonyl (C=O) groups is 1. The zero-order valence-corrected chi connectivity index (χ0v) is 16.8. The lowest BCUT2D eigenvalue weighted by atomic mass is 10.1. The summed E-state index contributed by atoms with van der Waals surface area (Å²) in [6.07, 6.45) is 1.46. The number of ether oxygens (including phenoxy) is 2. The van der Waals surface area contributed by atoms with Gasteiger partial charge in [-0.1, -0.05) is 30.3 Å². The van der Waals surface area contributed by atoms with Crippen molar-refractivity contribution in [2.24, 2.45) is 5.10 Å². The predicted octanol–water partition coefficient (Wildman–Crippen LogP) is 4.24. The minimum Gasteiger partial charge on any atom is -0.504 e. The highest BCUT2D eigenvalue weighted by molar-refractivity contribution is 9.10. The minimum absolute atomic E-state index is 0.0531. The van der Waals surface area contributed by atoms with Gasteiger partial charge in [-0.3, -0.25) is 4.79 Å². The molecule has 0 fully saturated rings. The van der Waals surface area contributed by atoms with Gasteiger partial charge in [-0.25, -0.2) is 5.43 Å². The molecule has 0 unspecified atom stereocenters. The Morgan fingerprint density at radius 3 is 2.79 bits per heavy atom. The Morgan fingerprint density at radius 1 is 1.14 bits per heavy atom. The number of phenolic OH excluding ortho intramolecular Hbond substituents is 1. The highest BCUT2D eigenvalue weighted by Gasteiger charge is 2.08. The third-order valence-corrected chi connectivity index (χ3v) is 4.69. The quantitative estimate of drug-likeness (QED) is 0.423. The summed E-state index contributed by atoms with van der Waals surface area (Å²) in [5.74, 6) is 0.609. The van der Waals surface area contributed by atoms with Crippen LogP contribution in [0, 0.1) is 0 Å². The fraction of sp³-hybridized carbons (Fsp3) is 0.143. The molecule has 0 saturated heterocycles. The van der Waals surface area contributed by atoms with Gasteiger partial charge in [0.25, 0.3) is 5.91 Å². The first-order valence-corrected chi connectivity index (χ1v) is 9.45. The van der Waals surface area contributed by atoms with Crippen LogP contribution < -0.4 is 14.9 Å². The van der Waals surface area contributed by atoms with Crippen LogP contribution in [0.3, 0.4) is 0 Å². The molecule has 6 nitrogen and oxygen atoms in total. The van der Waals surface area contributed by atoms with Crippen molar-refractivity contribution in [3.8, 4) is 17.2 Å². The molecule has 3 rings (SSSR count). The van der Waals surface area contributed by atoms with Gasteiger partial charge >= 0.3 is 0 Å².